The molecule has 152 valence electrons. The number of nitrogens with two attached hydrogens (primary N) is 1. The number of rotatable bonds is 4. The number of hydrogen-bond donors (Lipinski definition) is 1. The molecule has 0 unspecified atom stereocenters. The number of ether oxygens (including phenoxy) is 1. The summed E-state index contributed by atoms with van der Waals surface area (Å²) in [4.78, 5) is 39.4. The molecule has 0 atom stereocenters. The van der Waals surface area contributed by atoms with E-state index in [1.165, 1.54) is 0 Å². The first kappa shape index (κ1) is 19.7. The first-order valence-electron chi connectivity index (χ1n) is 9.85. The second kappa shape index (κ2) is 7.67. The van der Waals surface area contributed by atoms with Crippen molar-refractivity contribution < 1.29 is 19.1 Å². The number of ketones is 2. The predicted octanol–water partition coefficient (Wildman–Crippen LogP) is 3.25. The van der Waals surface area contributed by atoms with Crippen LogP contribution in [-0.2, 0) is 14.4 Å². The van der Waals surface area contributed by atoms with E-state index < -0.39 is 11.8 Å². The molecule has 1 aromatic rings. The van der Waals surface area contributed by atoms with Crippen molar-refractivity contribution >= 4 is 29.1 Å². The number of Topliss-reactive ketones (excluding diaryl/α,β-unsaturated/α-hetero) is 2. The third-order valence-electron chi connectivity index (χ3n) is 5.90. The molecular weight excluding hydrogens is 392 g/mol. The topological polar surface area (TPSA) is 89.7 Å². The van der Waals surface area contributed by atoms with Crippen molar-refractivity contribution in [1.82, 2.24) is 4.90 Å². The normalized spacial score (nSPS) is 20.0. The fraction of sp³-hybridized carbons (Fsp3) is 0.409. The summed E-state index contributed by atoms with van der Waals surface area (Å²) in [6.45, 7) is -0.291. The largest absolute Gasteiger partial charge is 0.483 e. The third-order valence-corrected chi connectivity index (χ3v) is 6.13. The van der Waals surface area contributed by atoms with Crippen molar-refractivity contribution in [1.29, 1.82) is 0 Å². The minimum absolute atomic E-state index is 0.0499. The molecule has 1 heterocycles. The molecule has 1 amide bonds. The van der Waals surface area contributed by atoms with Crippen LogP contribution in [0.3, 0.4) is 0 Å². The maximum Gasteiger partial charge on any atom is 0.255 e. The molecule has 4 rings (SSSR count). The number of allylic oxidation sites excluding steroid dienone is 4. The van der Waals surface area contributed by atoms with Gasteiger partial charge >= 0.3 is 0 Å². The van der Waals surface area contributed by atoms with E-state index in [0.29, 0.717) is 40.3 Å². The standard InChI is InChI=1S/C22H23ClN2O4/c1-25-14-4-2-6-16(26)21(14)20(22-15(25)5-3-7-17(22)27)13-10-12(23)8-9-18(13)29-11-19(24)28/h8-10,20H,2-7,11H2,1H3,(H2,24,28). The van der Waals surface area contributed by atoms with E-state index in [1.54, 1.807) is 18.2 Å². The molecule has 2 aliphatic carbocycles. The molecule has 3 aliphatic rings. The van der Waals surface area contributed by atoms with E-state index in [2.05, 4.69) is 0 Å². The Morgan fingerprint density at radius 1 is 1.10 bits per heavy atom. The third kappa shape index (κ3) is 3.46. The molecule has 0 aromatic heterocycles. The maximum absolute atomic E-state index is 13.0. The minimum Gasteiger partial charge on any atom is -0.483 e. The zero-order valence-corrected chi connectivity index (χ0v) is 17.1. The van der Waals surface area contributed by atoms with Gasteiger partial charge in [-0.1, -0.05) is 11.6 Å². The van der Waals surface area contributed by atoms with Crippen molar-refractivity contribution in [3.05, 3.63) is 51.3 Å². The summed E-state index contributed by atoms with van der Waals surface area (Å²) in [5.41, 5.74) is 9.14. The number of amides is 1. The summed E-state index contributed by atoms with van der Waals surface area (Å²) in [5.74, 6) is -0.615. The van der Waals surface area contributed by atoms with Gasteiger partial charge in [0.2, 0.25) is 0 Å². The smallest absolute Gasteiger partial charge is 0.255 e. The van der Waals surface area contributed by atoms with Gasteiger partial charge in [-0.25, -0.2) is 0 Å². The van der Waals surface area contributed by atoms with Gasteiger partial charge in [0, 0.05) is 58.9 Å². The number of hydrogen-bond acceptors (Lipinski definition) is 5. The molecule has 0 saturated carbocycles. The van der Waals surface area contributed by atoms with E-state index in [0.717, 1.165) is 37.1 Å². The molecule has 6 nitrogen and oxygen atoms in total. The lowest BCUT2D eigenvalue weighted by Crippen LogP contribution is -2.37. The number of halogens is 1. The van der Waals surface area contributed by atoms with Crippen molar-refractivity contribution in [2.24, 2.45) is 5.73 Å². The number of benzene rings is 1. The number of carbonyl (C=O) groups excluding carboxylic acids is 3. The highest BCUT2D eigenvalue weighted by Gasteiger charge is 2.43. The monoisotopic (exact) mass is 414 g/mol. The Labute approximate surface area is 174 Å². The highest BCUT2D eigenvalue weighted by atomic mass is 35.5. The molecular formula is C22H23ClN2O4. The van der Waals surface area contributed by atoms with Crippen molar-refractivity contribution in [2.45, 2.75) is 44.4 Å². The molecule has 29 heavy (non-hydrogen) atoms. The zero-order valence-electron chi connectivity index (χ0n) is 16.3. The average molecular weight is 415 g/mol. The molecule has 2 N–H and O–H groups in total. The summed E-state index contributed by atoms with van der Waals surface area (Å²) >= 11 is 6.29. The Hall–Kier alpha value is -2.60. The van der Waals surface area contributed by atoms with E-state index >= 15 is 0 Å². The van der Waals surface area contributed by atoms with Gasteiger partial charge in [0.1, 0.15) is 5.75 Å². The van der Waals surface area contributed by atoms with Crippen LogP contribution in [0, 0.1) is 0 Å². The Morgan fingerprint density at radius 3 is 2.24 bits per heavy atom. The van der Waals surface area contributed by atoms with Crippen LogP contribution in [0.15, 0.2) is 40.7 Å². The Kier molecular flexibility index (Phi) is 5.21. The van der Waals surface area contributed by atoms with E-state index in [1.807, 2.05) is 11.9 Å². The molecule has 0 saturated heterocycles. The van der Waals surface area contributed by atoms with Crippen molar-refractivity contribution in [3.63, 3.8) is 0 Å². The van der Waals surface area contributed by atoms with E-state index in [9.17, 15) is 14.4 Å². The van der Waals surface area contributed by atoms with E-state index in [-0.39, 0.29) is 18.2 Å². The van der Waals surface area contributed by atoms with Crippen LogP contribution in [0.2, 0.25) is 5.02 Å². The first-order chi connectivity index (χ1) is 13.9. The summed E-state index contributed by atoms with van der Waals surface area (Å²) in [6, 6.07) is 5.05. The summed E-state index contributed by atoms with van der Waals surface area (Å²) in [6.07, 6.45) is 4.09. The van der Waals surface area contributed by atoms with Crippen LogP contribution in [0.25, 0.3) is 0 Å². The number of carbonyl (C=O) groups is 3. The second-order valence-corrected chi connectivity index (χ2v) is 8.14. The lowest BCUT2D eigenvalue weighted by atomic mass is 9.71. The SMILES string of the molecule is CN1C2=C(C(=O)CCC2)C(c2cc(Cl)ccc2OCC(N)=O)C2=C1CCCC2=O. The van der Waals surface area contributed by atoms with Gasteiger partial charge in [0.15, 0.2) is 18.2 Å². The Bertz CT molecular complexity index is 935. The lowest BCUT2D eigenvalue weighted by Gasteiger charge is -2.42. The Morgan fingerprint density at radius 2 is 1.69 bits per heavy atom. The first-order valence-corrected chi connectivity index (χ1v) is 10.2. The second-order valence-electron chi connectivity index (χ2n) is 7.70. The quantitative estimate of drug-likeness (QED) is 0.816. The van der Waals surface area contributed by atoms with Crippen LogP contribution in [-0.4, -0.2) is 36.0 Å². The van der Waals surface area contributed by atoms with Crippen LogP contribution in [0.4, 0.5) is 0 Å². The summed E-state index contributed by atoms with van der Waals surface area (Å²) in [7, 11) is 1.94. The van der Waals surface area contributed by atoms with Gasteiger partial charge in [-0.3, -0.25) is 14.4 Å². The molecule has 0 fully saturated rings. The predicted molar refractivity (Wildman–Crippen MR) is 108 cm³/mol. The fourth-order valence-electron chi connectivity index (χ4n) is 4.69. The highest BCUT2D eigenvalue weighted by Crippen LogP contribution is 2.50. The van der Waals surface area contributed by atoms with Gasteiger partial charge in [-0.2, -0.15) is 0 Å². The van der Waals surface area contributed by atoms with Crippen molar-refractivity contribution in [2.75, 3.05) is 13.7 Å². The van der Waals surface area contributed by atoms with Gasteiger partial charge in [0.05, 0.1) is 0 Å². The highest BCUT2D eigenvalue weighted by molar-refractivity contribution is 6.30. The molecule has 7 heteroatoms. The summed E-state index contributed by atoms with van der Waals surface area (Å²) in [5, 5.41) is 0.473. The molecule has 0 bridgehead atoms. The number of nitrogens with zero attached hydrogens (tertiary/aromatic N) is 1. The van der Waals surface area contributed by atoms with Crippen LogP contribution in [0.5, 0.6) is 5.75 Å². The maximum atomic E-state index is 13.0. The van der Waals surface area contributed by atoms with Gasteiger partial charge in [-0.15, -0.1) is 0 Å². The van der Waals surface area contributed by atoms with Crippen LogP contribution >= 0.6 is 11.6 Å². The van der Waals surface area contributed by atoms with Gasteiger partial charge in [-0.05, 0) is 43.9 Å². The van der Waals surface area contributed by atoms with Gasteiger partial charge in [0.25, 0.3) is 5.91 Å². The average Bonchev–Trinajstić information content (AvgIpc) is 2.68. The van der Waals surface area contributed by atoms with Gasteiger partial charge < -0.3 is 15.4 Å². The zero-order chi connectivity index (χ0) is 20.7. The molecule has 1 aliphatic heterocycles. The Balaban J connectivity index is 1.94. The van der Waals surface area contributed by atoms with E-state index in [4.69, 9.17) is 22.1 Å². The van der Waals surface area contributed by atoms with Crippen LogP contribution < -0.4 is 10.5 Å². The molecule has 1 aromatic carbocycles. The molecule has 0 radical (unpaired) electrons. The van der Waals surface area contributed by atoms with Crippen LogP contribution in [0.1, 0.15) is 50.0 Å². The minimum atomic E-state index is -0.600. The van der Waals surface area contributed by atoms with Crippen molar-refractivity contribution in [3.8, 4) is 5.75 Å². The molecule has 0 spiro atoms. The summed E-state index contributed by atoms with van der Waals surface area (Å²) < 4.78 is 5.65. The lowest BCUT2D eigenvalue weighted by molar-refractivity contribution is -0.120. The fourth-order valence-corrected chi connectivity index (χ4v) is 4.87. The number of primary amides is 1.